The largest absolute Gasteiger partial charge is 0.489 e. The minimum atomic E-state index is 0.0884. The average molecular weight is 366 g/mol. The maximum Gasteiger partial charge on any atom is 0.138 e. The molecule has 1 aliphatic rings. The van der Waals surface area contributed by atoms with Crippen LogP contribution in [0.3, 0.4) is 0 Å². The van der Waals surface area contributed by atoms with E-state index in [4.69, 9.17) is 16.3 Å². The van der Waals surface area contributed by atoms with Gasteiger partial charge in [-0.05, 0) is 68.7 Å². The molecule has 0 unspecified atom stereocenters. The van der Waals surface area contributed by atoms with E-state index in [1.807, 2.05) is 44.3 Å². The molecule has 1 aromatic heterocycles. The number of nitrogens with zero attached hydrogens (tertiary/aromatic N) is 2. The number of aliphatic imine (C=N–C) groups is 1. The molecule has 0 amide bonds. The average Bonchev–Trinajstić information content (AvgIpc) is 3.13. The van der Waals surface area contributed by atoms with Crippen molar-refractivity contribution < 1.29 is 4.74 Å². The first-order chi connectivity index (χ1) is 12.6. The molecule has 1 aliphatic heterocycles. The zero-order valence-corrected chi connectivity index (χ0v) is 15.5. The number of fused-ring (bicyclic) bond motifs is 1. The first-order valence-corrected chi connectivity index (χ1v) is 9.16. The lowest BCUT2D eigenvalue weighted by Gasteiger charge is -2.11. The van der Waals surface area contributed by atoms with Gasteiger partial charge < -0.3 is 4.74 Å². The Hall–Kier alpha value is -2.59. The number of aromatic amines is 1. The van der Waals surface area contributed by atoms with Gasteiger partial charge >= 0.3 is 0 Å². The maximum absolute atomic E-state index is 6.35. The number of halogens is 1. The molecular weight excluding hydrogens is 346 g/mol. The van der Waals surface area contributed by atoms with Crippen LogP contribution >= 0.6 is 11.6 Å². The second-order valence-corrected chi connectivity index (χ2v) is 7.08. The molecule has 4 rings (SSSR count). The number of hydrogen-bond acceptors (Lipinski definition) is 3. The number of aromatic nitrogens is 2. The first kappa shape index (κ1) is 16.9. The number of rotatable bonds is 4. The highest BCUT2D eigenvalue weighted by molar-refractivity contribution is 6.32. The first-order valence-electron chi connectivity index (χ1n) is 8.78. The Bertz CT molecular complexity index is 975. The molecule has 2 heterocycles. The van der Waals surface area contributed by atoms with Gasteiger partial charge in [0.05, 0.1) is 28.2 Å². The Morgan fingerprint density at radius 1 is 1.08 bits per heavy atom. The zero-order valence-electron chi connectivity index (χ0n) is 14.8. The second-order valence-electron chi connectivity index (χ2n) is 6.67. The summed E-state index contributed by atoms with van der Waals surface area (Å²) in [7, 11) is 0. The molecule has 3 aromatic rings. The van der Waals surface area contributed by atoms with Crippen LogP contribution in [0.5, 0.6) is 5.75 Å². The third kappa shape index (κ3) is 3.37. The number of hydrogen-bond donors (Lipinski definition) is 1. The van der Waals surface area contributed by atoms with Crippen molar-refractivity contribution >= 4 is 23.5 Å². The van der Waals surface area contributed by atoms with Crippen LogP contribution in [0.25, 0.3) is 22.5 Å². The smallest absolute Gasteiger partial charge is 0.138 e. The van der Waals surface area contributed by atoms with Crippen molar-refractivity contribution in [1.82, 2.24) is 10.2 Å². The Morgan fingerprint density at radius 2 is 1.92 bits per heavy atom. The highest BCUT2D eigenvalue weighted by Gasteiger charge is 2.12. The molecule has 132 valence electrons. The molecular formula is C21H20ClN3O. The maximum atomic E-state index is 6.35. The molecule has 1 N–H and O–H groups in total. The summed E-state index contributed by atoms with van der Waals surface area (Å²) in [6.45, 7) is 3.96. The molecule has 0 spiro atoms. The summed E-state index contributed by atoms with van der Waals surface area (Å²) in [5, 5.41) is 8.18. The Balaban J connectivity index is 1.62. The van der Waals surface area contributed by atoms with E-state index in [0.717, 1.165) is 41.0 Å². The molecule has 0 fully saturated rings. The fraction of sp³-hybridized carbons (Fsp3) is 0.238. The number of ether oxygens (including phenoxy) is 1. The van der Waals surface area contributed by atoms with E-state index < -0.39 is 0 Å². The predicted octanol–water partition coefficient (Wildman–Crippen LogP) is 5.83. The van der Waals surface area contributed by atoms with Crippen LogP contribution in [0.1, 0.15) is 25.8 Å². The highest BCUT2D eigenvalue weighted by atomic mass is 35.5. The lowest BCUT2D eigenvalue weighted by atomic mass is 10.0. The Morgan fingerprint density at radius 3 is 2.73 bits per heavy atom. The molecule has 0 saturated carbocycles. The summed E-state index contributed by atoms with van der Waals surface area (Å²) in [5.74, 6) is 0.695. The molecule has 0 aliphatic carbocycles. The molecule has 0 bridgehead atoms. The van der Waals surface area contributed by atoms with E-state index in [9.17, 15) is 0 Å². The van der Waals surface area contributed by atoms with Gasteiger partial charge in [-0.1, -0.05) is 17.7 Å². The third-order valence-electron chi connectivity index (χ3n) is 4.33. The van der Waals surface area contributed by atoms with Crippen LogP contribution in [-0.2, 0) is 6.42 Å². The monoisotopic (exact) mass is 365 g/mol. The standard InChI is InChI=1S/C21H20ClN3O/c1-13(2)26-21-8-6-16(11-17(21)22)20-12-19(24-25-20)15-5-7-18-14(10-15)4-3-9-23-18/h5-13H,3-4H2,1-2H3,(H,24,25). The van der Waals surface area contributed by atoms with Gasteiger partial charge in [-0.3, -0.25) is 10.1 Å². The van der Waals surface area contributed by atoms with Crippen molar-refractivity contribution in [1.29, 1.82) is 0 Å². The summed E-state index contributed by atoms with van der Waals surface area (Å²) in [5.41, 5.74) is 6.24. The zero-order chi connectivity index (χ0) is 18.1. The van der Waals surface area contributed by atoms with Crippen molar-refractivity contribution in [2.45, 2.75) is 32.8 Å². The van der Waals surface area contributed by atoms with E-state index in [1.54, 1.807) is 0 Å². The minimum Gasteiger partial charge on any atom is -0.489 e. The number of benzene rings is 2. The van der Waals surface area contributed by atoms with Gasteiger partial charge in [0.15, 0.2) is 0 Å². The molecule has 0 atom stereocenters. The fourth-order valence-electron chi connectivity index (χ4n) is 3.09. The molecule has 5 heteroatoms. The third-order valence-corrected chi connectivity index (χ3v) is 4.63. The van der Waals surface area contributed by atoms with Crippen molar-refractivity contribution in [3.63, 3.8) is 0 Å². The summed E-state index contributed by atoms with van der Waals surface area (Å²) >= 11 is 6.35. The Kier molecular flexibility index (Phi) is 4.51. The van der Waals surface area contributed by atoms with E-state index in [-0.39, 0.29) is 6.10 Å². The fourth-order valence-corrected chi connectivity index (χ4v) is 3.31. The van der Waals surface area contributed by atoms with Gasteiger partial charge in [0.1, 0.15) is 5.75 Å². The summed E-state index contributed by atoms with van der Waals surface area (Å²) in [6.07, 6.45) is 4.08. The van der Waals surface area contributed by atoms with Gasteiger partial charge in [-0.15, -0.1) is 0 Å². The summed E-state index contributed by atoms with van der Waals surface area (Å²) in [4.78, 5) is 4.44. The van der Waals surface area contributed by atoms with E-state index >= 15 is 0 Å². The molecule has 2 aromatic carbocycles. The second kappa shape index (κ2) is 6.96. The van der Waals surface area contributed by atoms with Crippen LogP contribution in [0.15, 0.2) is 47.5 Å². The van der Waals surface area contributed by atoms with Crippen molar-refractivity contribution in [2.75, 3.05) is 0 Å². The van der Waals surface area contributed by atoms with Crippen LogP contribution in [-0.4, -0.2) is 22.5 Å². The van der Waals surface area contributed by atoms with Crippen LogP contribution in [0.2, 0.25) is 5.02 Å². The van der Waals surface area contributed by atoms with Crippen molar-refractivity contribution in [3.05, 3.63) is 53.1 Å². The number of nitrogens with one attached hydrogen (secondary N) is 1. The van der Waals surface area contributed by atoms with Gasteiger partial charge in [-0.2, -0.15) is 5.10 Å². The van der Waals surface area contributed by atoms with Crippen LogP contribution in [0, 0.1) is 0 Å². The predicted molar refractivity (Wildman–Crippen MR) is 107 cm³/mol. The van der Waals surface area contributed by atoms with Gasteiger partial charge in [0.25, 0.3) is 0 Å². The van der Waals surface area contributed by atoms with E-state index in [1.165, 1.54) is 5.56 Å². The van der Waals surface area contributed by atoms with Gasteiger partial charge in [-0.25, -0.2) is 0 Å². The van der Waals surface area contributed by atoms with Crippen LogP contribution in [0.4, 0.5) is 5.69 Å². The molecule has 4 nitrogen and oxygen atoms in total. The molecule has 0 saturated heterocycles. The lowest BCUT2D eigenvalue weighted by molar-refractivity contribution is 0.242. The summed E-state index contributed by atoms with van der Waals surface area (Å²) in [6, 6.07) is 14.1. The molecule has 26 heavy (non-hydrogen) atoms. The lowest BCUT2D eigenvalue weighted by Crippen LogP contribution is -2.05. The number of aryl methyl sites for hydroxylation is 1. The summed E-state index contributed by atoms with van der Waals surface area (Å²) < 4.78 is 5.69. The van der Waals surface area contributed by atoms with Gasteiger partial charge in [0.2, 0.25) is 0 Å². The SMILES string of the molecule is CC(C)Oc1ccc(-c2cc(-c3ccc4c(c3)CCC=N4)n[nH]2)cc1Cl. The van der Waals surface area contributed by atoms with Crippen molar-refractivity contribution in [3.8, 4) is 28.3 Å². The Labute approximate surface area is 157 Å². The van der Waals surface area contributed by atoms with Gasteiger partial charge in [0, 0.05) is 17.3 Å². The highest BCUT2D eigenvalue weighted by Crippen LogP contribution is 2.33. The number of H-pyrrole nitrogens is 1. The van der Waals surface area contributed by atoms with E-state index in [0.29, 0.717) is 10.8 Å². The minimum absolute atomic E-state index is 0.0884. The van der Waals surface area contributed by atoms with Crippen molar-refractivity contribution in [2.24, 2.45) is 4.99 Å². The topological polar surface area (TPSA) is 50.3 Å². The molecule has 0 radical (unpaired) electrons. The van der Waals surface area contributed by atoms with E-state index in [2.05, 4.69) is 33.4 Å². The normalized spacial score (nSPS) is 13.1. The van der Waals surface area contributed by atoms with Crippen LogP contribution < -0.4 is 4.74 Å². The quantitative estimate of drug-likeness (QED) is 0.632.